The third-order valence-corrected chi connectivity index (χ3v) is 5.34. The van der Waals surface area contributed by atoms with Crippen LogP contribution in [0.1, 0.15) is 44.8 Å². The maximum atomic E-state index is 13.4. The van der Waals surface area contributed by atoms with Gasteiger partial charge in [-0.3, -0.25) is 4.79 Å². The topological polar surface area (TPSA) is 93.5 Å². The molecule has 2 N–H and O–H groups in total. The van der Waals surface area contributed by atoms with Crippen molar-refractivity contribution in [1.29, 1.82) is 0 Å². The Hall–Kier alpha value is -3.82. The summed E-state index contributed by atoms with van der Waals surface area (Å²) in [7, 11) is 0. The van der Waals surface area contributed by atoms with Gasteiger partial charge in [-0.2, -0.15) is 18.3 Å². The molecule has 0 unspecified atom stereocenters. The number of alkyl halides is 3. The molecule has 2 aromatic carbocycles. The molecule has 1 amide bonds. The Morgan fingerprint density at radius 1 is 1.19 bits per heavy atom. The second-order valence-electron chi connectivity index (χ2n) is 7.39. The second-order valence-corrected chi connectivity index (χ2v) is 7.39. The second kappa shape index (κ2) is 8.03. The summed E-state index contributed by atoms with van der Waals surface area (Å²) >= 11 is 0. The van der Waals surface area contributed by atoms with Crippen LogP contribution in [0, 0.1) is 0 Å². The van der Waals surface area contributed by atoms with Crippen molar-refractivity contribution in [3.8, 4) is 11.4 Å². The summed E-state index contributed by atoms with van der Waals surface area (Å²) in [6, 6.07) is 12.6. The molecule has 1 aliphatic heterocycles. The van der Waals surface area contributed by atoms with Crippen LogP contribution in [0.5, 0.6) is 5.75 Å². The number of amides is 1. The van der Waals surface area contributed by atoms with E-state index >= 15 is 0 Å². The highest BCUT2D eigenvalue weighted by Crippen LogP contribution is 2.36. The van der Waals surface area contributed by atoms with Crippen LogP contribution in [-0.2, 0) is 6.18 Å². The molecule has 0 aliphatic carbocycles. The number of halogens is 3. The first kappa shape index (κ1) is 21.4. The van der Waals surface area contributed by atoms with Crippen molar-refractivity contribution in [2.24, 2.45) is 0 Å². The van der Waals surface area contributed by atoms with Crippen molar-refractivity contribution in [2.45, 2.75) is 25.1 Å². The lowest BCUT2D eigenvalue weighted by Gasteiger charge is -2.20. The summed E-state index contributed by atoms with van der Waals surface area (Å²) in [4.78, 5) is 23.8. The lowest BCUT2D eigenvalue weighted by molar-refractivity contribution is -0.143. The SMILES string of the molecule is C[C@@H](NC(=O)c1ccc(-n2ncc(C(=O)O)c2C(F)(F)F)cc1)[C@H]1COc2ccccc21. The molecule has 0 saturated heterocycles. The highest BCUT2D eigenvalue weighted by Gasteiger charge is 2.40. The molecule has 2 atom stereocenters. The standard InChI is InChI=1S/C22H18F3N3O4/c1-12(17-11-32-18-5-3-2-4-15(17)18)27-20(29)13-6-8-14(9-7-13)28-19(22(23,24)25)16(10-26-28)21(30)31/h2-10,12,17H,11H2,1H3,(H,27,29)(H,30,31)/t12-,17-/m1/s1. The number of nitrogens with one attached hydrogen (secondary N) is 1. The van der Waals surface area contributed by atoms with Gasteiger partial charge in [-0.05, 0) is 37.3 Å². The van der Waals surface area contributed by atoms with Crippen LogP contribution < -0.4 is 10.1 Å². The summed E-state index contributed by atoms with van der Waals surface area (Å²) in [6.07, 6.45) is -4.27. The van der Waals surface area contributed by atoms with E-state index in [0.29, 0.717) is 17.5 Å². The van der Waals surface area contributed by atoms with Crippen molar-refractivity contribution in [1.82, 2.24) is 15.1 Å². The number of carbonyl (C=O) groups is 2. The number of hydrogen-bond acceptors (Lipinski definition) is 4. The van der Waals surface area contributed by atoms with Gasteiger partial charge in [-0.15, -0.1) is 0 Å². The Labute approximate surface area is 180 Å². The minimum atomic E-state index is -4.92. The van der Waals surface area contributed by atoms with Gasteiger partial charge in [-0.25, -0.2) is 9.48 Å². The van der Waals surface area contributed by atoms with Crippen LogP contribution >= 0.6 is 0 Å². The molecule has 0 bridgehead atoms. The van der Waals surface area contributed by atoms with E-state index in [0.717, 1.165) is 11.3 Å². The monoisotopic (exact) mass is 445 g/mol. The molecule has 0 saturated carbocycles. The van der Waals surface area contributed by atoms with Gasteiger partial charge in [0.2, 0.25) is 0 Å². The summed E-state index contributed by atoms with van der Waals surface area (Å²) < 4.78 is 46.3. The Balaban J connectivity index is 1.52. The Kier molecular flexibility index (Phi) is 5.37. The molecule has 166 valence electrons. The normalized spacial score (nSPS) is 16.2. The number of rotatable bonds is 5. The predicted octanol–water partition coefficient (Wildman–Crippen LogP) is 3.88. The van der Waals surface area contributed by atoms with Gasteiger partial charge >= 0.3 is 12.1 Å². The molecule has 2 heterocycles. The minimum Gasteiger partial charge on any atom is -0.493 e. The lowest BCUT2D eigenvalue weighted by atomic mass is 9.94. The fraction of sp³-hybridized carbons (Fsp3) is 0.227. The number of aromatic carboxylic acids is 1. The first-order valence-corrected chi connectivity index (χ1v) is 9.68. The molecule has 32 heavy (non-hydrogen) atoms. The molecule has 0 fully saturated rings. The van der Waals surface area contributed by atoms with Gasteiger partial charge in [0.15, 0.2) is 5.69 Å². The van der Waals surface area contributed by atoms with Crippen LogP contribution in [-0.4, -0.2) is 39.4 Å². The van der Waals surface area contributed by atoms with Crippen LogP contribution in [0.2, 0.25) is 0 Å². The molecule has 1 aromatic heterocycles. The third kappa shape index (κ3) is 3.91. The number of hydrogen-bond donors (Lipinski definition) is 2. The van der Waals surface area contributed by atoms with Gasteiger partial charge < -0.3 is 15.2 Å². The number of para-hydroxylation sites is 1. The highest BCUT2D eigenvalue weighted by molar-refractivity contribution is 5.94. The molecular formula is C22H18F3N3O4. The van der Waals surface area contributed by atoms with Crippen LogP contribution in [0.3, 0.4) is 0 Å². The van der Waals surface area contributed by atoms with E-state index in [4.69, 9.17) is 9.84 Å². The Morgan fingerprint density at radius 2 is 1.88 bits per heavy atom. The fourth-order valence-corrected chi connectivity index (χ4v) is 3.72. The van der Waals surface area contributed by atoms with Crippen molar-refractivity contribution < 1.29 is 32.6 Å². The maximum absolute atomic E-state index is 13.4. The van der Waals surface area contributed by atoms with Gasteiger partial charge in [0.1, 0.15) is 11.3 Å². The Bertz CT molecular complexity index is 1170. The average molecular weight is 445 g/mol. The molecule has 0 radical (unpaired) electrons. The number of fused-ring (bicyclic) bond motifs is 1. The van der Waals surface area contributed by atoms with Crippen molar-refractivity contribution in [3.63, 3.8) is 0 Å². The van der Waals surface area contributed by atoms with E-state index in [9.17, 15) is 22.8 Å². The smallest absolute Gasteiger partial charge is 0.434 e. The largest absolute Gasteiger partial charge is 0.493 e. The predicted molar refractivity (Wildman–Crippen MR) is 107 cm³/mol. The van der Waals surface area contributed by atoms with E-state index < -0.39 is 29.3 Å². The zero-order chi connectivity index (χ0) is 23.0. The average Bonchev–Trinajstić information content (AvgIpc) is 3.38. The maximum Gasteiger partial charge on any atom is 0.434 e. The van der Waals surface area contributed by atoms with Crippen LogP contribution in [0.4, 0.5) is 13.2 Å². The number of ether oxygens (including phenoxy) is 1. The number of carbonyl (C=O) groups excluding carboxylic acids is 1. The number of aromatic nitrogens is 2. The number of nitrogens with zero attached hydrogens (tertiary/aromatic N) is 2. The third-order valence-electron chi connectivity index (χ3n) is 5.34. The number of carboxylic acid groups (broad SMARTS) is 1. The van der Waals surface area contributed by atoms with E-state index in [1.165, 1.54) is 24.3 Å². The minimum absolute atomic E-state index is 0.0208. The molecule has 0 spiro atoms. The molecule has 1 aliphatic rings. The summed E-state index contributed by atoms with van der Waals surface area (Å²) in [6.45, 7) is 2.29. The summed E-state index contributed by atoms with van der Waals surface area (Å²) in [5.41, 5.74) is -1.12. The zero-order valence-electron chi connectivity index (χ0n) is 16.8. The van der Waals surface area contributed by atoms with Gasteiger partial charge in [0, 0.05) is 23.1 Å². The quantitative estimate of drug-likeness (QED) is 0.622. The number of benzene rings is 2. The lowest BCUT2D eigenvalue weighted by Crippen LogP contribution is -2.37. The van der Waals surface area contributed by atoms with E-state index in [1.807, 2.05) is 31.2 Å². The first-order chi connectivity index (χ1) is 15.2. The van der Waals surface area contributed by atoms with Gasteiger partial charge in [0.25, 0.3) is 5.91 Å². The Morgan fingerprint density at radius 3 is 2.53 bits per heavy atom. The fourth-order valence-electron chi connectivity index (χ4n) is 3.72. The molecule has 3 aromatic rings. The van der Waals surface area contributed by atoms with E-state index in [-0.39, 0.29) is 23.2 Å². The molecule has 4 rings (SSSR count). The highest BCUT2D eigenvalue weighted by atomic mass is 19.4. The van der Waals surface area contributed by atoms with Gasteiger partial charge in [0.05, 0.1) is 18.5 Å². The van der Waals surface area contributed by atoms with Crippen LogP contribution in [0.25, 0.3) is 5.69 Å². The number of carboxylic acids is 1. The summed E-state index contributed by atoms with van der Waals surface area (Å²) in [5.74, 6) is -1.37. The van der Waals surface area contributed by atoms with Gasteiger partial charge in [-0.1, -0.05) is 18.2 Å². The van der Waals surface area contributed by atoms with Crippen molar-refractivity contribution in [2.75, 3.05) is 6.61 Å². The molecule has 7 nitrogen and oxygen atoms in total. The zero-order valence-corrected chi connectivity index (χ0v) is 16.8. The van der Waals surface area contributed by atoms with E-state index in [1.54, 1.807) is 0 Å². The van der Waals surface area contributed by atoms with E-state index in [2.05, 4.69) is 10.4 Å². The van der Waals surface area contributed by atoms with Crippen LogP contribution in [0.15, 0.2) is 54.7 Å². The summed E-state index contributed by atoms with van der Waals surface area (Å²) in [5, 5.41) is 15.5. The molecule has 10 heteroatoms. The molecular weight excluding hydrogens is 427 g/mol. The van der Waals surface area contributed by atoms with Crippen molar-refractivity contribution >= 4 is 11.9 Å². The first-order valence-electron chi connectivity index (χ1n) is 9.68. The van der Waals surface area contributed by atoms with Crippen molar-refractivity contribution in [3.05, 3.63) is 77.1 Å².